The van der Waals surface area contributed by atoms with Crippen LogP contribution in [-0.4, -0.2) is 34.6 Å². The highest BCUT2D eigenvalue weighted by molar-refractivity contribution is 6.06. The third kappa shape index (κ3) is 5.50. The Morgan fingerprint density at radius 3 is 2.44 bits per heavy atom. The number of anilines is 1. The van der Waals surface area contributed by atoms with E-state index in [1.165, 1.54) is 11.1 Å². The molecule has 0 aliphatic heterocycles. The van der Waals surface area contributed by atoms with E-state index in [1.807, 2.05) is 16.8 Å². The summed E-state index contributed by atoms with van der Waals surface area (Å²) in [6.07, 6.45) is 9.78. The van der Waals surface area contributed by atoms with E-state index in [1.54, 1.807) is 7.11 Å². The van der Waals surface area contributed by atoms with Crippen molar-refractivity contribution >= 4 is 22.7 Å². The van der Waals surface area contributed by atoms with Crippen molar-refractivity contribution in [3.63, 3.8) is 0 Å². The number of hydrogen-bond donors (Lipinski definition) is 3. The van der Waals surface area contributed by atoms with E-state index in [0.717, 1.165) is 83.4 Å². The maximum Gasteiger partial charge on any atom is 0.135 e. The van der Waals surface area contributed by atoms with Gasteiger partial charge in [-0.2, -0.15) is 5.10 Å². The number of aryl methyl sites for hydroxylation is 3. The minimum atomic E-state index is 0.280. The first-order valence-electron chi connectivity index (χ1n) is 14.1. The zero-order chi connectivity index (χ0) is 27.5. The SMILES string of the molecule is CCc1cccc(CC)c1N=C(N)c1cnn2cc(-c3ccc(OC)cc3C)cc2c1NC1CCC(N)CC1. The molecule has 204 valence electrons. The molecule has 0 unspecified atom stereocenters. The molecule has 7 nitrogen and oxygen atoms in total. The van der Waals surface area contributed by atoms with Gasteiger partial charge < -0.3 is 21.5 Å². The Morgan fingerprint density at radius 2 is 1.79 bits per heavy atom. The molecule has 1 aliphatic carbocycles. The fourth-order valence-electron chi connectivity index (χ4n) is 5.64. The molecule has 0 spiro atoms. The van der Waals surface area contributed by atoms with Crippen molar-refractivity contribution < 1.29 is 4.74 Å². The first-order chi connectivity index (χ1) is 18.9. The molecule has 7 heteroatoms. The van der Waals surface area contributed by atoms with Gasteiger partial charge in [-0.25, -0.2) is 9.51 Å². The van der Waals surface area contributed by atoms with Gasteiger partial charge in [0.15, 0.2) is 0 Å². The minimum Gasteiger partial charge on any atom is -0.497 e. The van der Waals surface area contributed by atoms with Crippen molar-refractivity contribution in [1.29, 1.82) is 0 Å². The molecule has 2 heterocycles. The van der Waals surface area contributed by atoms with Gasteiger partial charge in [-0.15, -0.1) is 0 Å². The number of amidine groups is 1. The molecule has 1 fully saturated rings. The maximum absolute atomic E-state index is 6.79. The zero-order valence-corrected chi connectivity index (χ0v) is 23.5. The predicted octanol–water partition coefficient (Wildman–Crippen LogP) is 6.16. The summed E-state index contributed by atoms with van der Waals surface area (Å²) in [5.74, 6) is 1.32. The van der Waals surface area contributed by atoms with Crippen molar-refractivity contribution in [3.05, 3.63) is 77.1 Å². The summed E-state index contributed by atoms with van der Waals surface area (Å²) in [6, 6.07) is 15.3. The van der Waals surface area contributed by atoms with Crippen LogP contribution in [0.2, 0.25) is 0 Å². The second-order valence-corrected chi connectivity index (χ2v) is 10.6. The van der Waals surface area contributed by atoms with E-state index in [-0.39, 0.29) is 6.04 Å². The van der Waals surface area contributed by atoms with Crippen LogP contribution in [0, 0.1) is 6.92 Å². The fraction of sp³-hybridized carbons (Fsp3) is 0.375. The molecular weight excluding hydrogens is 484 g/mol. The lowest BCUT2D eigenvalue weighted by Crippen LogP contribution is -2.33. The van der Waals surface area contributed by atoms with Gasteiger partial charge >= 0.3 is 0 Å². The normalized spacial score (nSPS) is 17.9. The van der Waals surface area contributed by atoms with E-state index in [0.29, 0.717) is 11.9 Å². The summed E-state index contributed by atoms with van der Waals surface area (Å²) in [7, 11) is 1.69. The number of nitrogens with one attached hydrogen (secondary N) is 1. The average Bonchev–Trinajstić information content (AvgIpc) is 3.38. The maximum atomic E-state index is 6.79. The summed E-state index contributed by atoms with van der Waals surface area (Å²) in [4.78, 5) is 5.01. The molecule has 2 aromatic heterocycles. The second kappa shape index (κ2) is 11.5. The van der Waals surface area contributed by atoms with Crippen LogP contribution in [0.1, 0.15) is 61.8 Å². The Bertz CT molecular complexity index is 1470. The van der Waals surface area contributed by atoms with Crippen molar-refractivity contribution in [3.8, 4) is 16.9 Å². The standard InChI is InChI=1S/C32H40N6O/c1-5-21-8-7-9-22(6-2)30(21)37-32(34)28-18-35-38-19-23(27-15-14-26(39-4)16-20(27)3)17-29(38)31(28)36-25-12-10-24(33)11-13-25/h7-9,14-19,24-25,36H,5-6,10-13,33H2,1-4H3,(H2,34,37). The lowest BCUT2D eigenvalue weighted by molar-refractivity contribution is 0.411. The van der Waals surface area contributed by atoms with Crippen LogP contribution in [0.15, 0.2) is 59.9 Å². The van der Waals surface area contributed by atoms with E-state index in [2.05, 4.69) is 68.7 Å². The van der Waals surface area contributed by atoms with E-state index in [9.17, 15) is 0 Å². The summed E-state index contributed by atoms with van der Waals surface area (Å²) in [6.45, 7) is 6.41. The molecule has 0 bridgehead atoms. The number of aromatic nitrogens is 2. The number of para-hydroxylation sites is 1. The predicted molar refractivity (Wildman–Crippen MR) is 161 cm³/mol. The molecule has 1 aliphatic rings. The van der Waals surface area contributed by atoms with E-state index in [4.69, 9.17) is 26.3 Å². The van der Waals surface area contributed by atoms with Crippen molar-refractivity contribution in [1.82, 2.24) is 9.61 Å². The molecule has 39 heavy (non-hydrogen) atoms. The average molecular weight is 525 g/mol. The van der Waals surface area contributed by atoms with Crippen LogP contribution >= 0.6 is 0 Å². The van der Waals surface area contributed by atoms with Gasteiger partial charge in [0.2, 0.25) is 0 Å². The summed E-state index contributed by atoms with van der Waals surface area (Å²) in [5, 5.41) is 8.61. The molecular formula is C32H40N6O. The third-order valence-corrected chi connectivity index (χ3v) is 7.98. The first-order valence-corrected chi connectivity index (χ1v) is 14.1. The minimum absolute atomic E-state index is 0.280. The molecule has 5 N–H and O–H groups in total. The summed E-state index contributed by atoms with van der Waals surface area (Å²) in [5.41, 5.74) is 22.5. The van der Waals surface area contributed by atoms with Gasteiger partial charge in [-0.3, -0.25) is 0 Å². The van der Waals surface area contributed by atoms with Gasteiger partial charge in [0.05, 0.1) is 35.8 Å². The third-order valence-electron chi connectivity index (χ3n) is 7.98. The number of fused-ring (bicyclic) bond motifs is 1. The van der Waals surface area contributed by atoms with Crippen LogP contribution in [0.5, 0.6) is 5.75 Å². The van der Waals surface area contributed by atoms with Gasteiger partial charge in [-0.1, -0.05) is 38.1 Å². The highest BCUT2D eigenvalue weighted by atomic mass is 16.5. The Labute approximate surface area is 231 Å². The van der Waals surface area contributed by atoms with Crippen LogP contribution in [-0.2, 0) is 12.8 Å². The number of aliphatic imine (C=N–C) groups is 1. The van der Waals surface area contributed by atoms with Crippen molar-refractivity contribution in [2.45, 2.75) is 71.4 Å². The number of rotatable bonds is 8. The smallest absolute Gasteiger partial charge is 0.135 e. The molecule has 2 aromatic carbocycles. The second-order valence-electron chi connectivity index (χ2n) is 10.6. The molecule has 4 aromatic rings. The van der Waals surface area contributed by atoms with Gasteiger partial charge in [0.25, 0.3) is 0 Å². The monoisotopic (exact) mass is 524 g/mol. The zero-order valence-electron chi connectivity index (χ0n) is 23.5. The number of benzene rings is 2. The fourth-order valence-corrected chi connectivity index (χ4v) is 5.64. The van der Waals surface area contributed by atoms with Crippen LogP contribution in [0.4, 0.5) is 11.4 Å². The van der Waals surface area contributed by atoms with Crippen molar-refractivity contribution in [2.24, 2.45) is 16.5 Å². The van der Waals surface area contributed by atoms with Crippen LogP contribution < -0.4 is 21.5 Å². The lowest BCUT2D eigenvalue weighted by Gasteiger charge is -2.28. The van der Waals surface area contributed by atoms with Crippen LogP contribution in [0.3, 0.4) is 0 Å². The largest absolute Gasteiger partial charge is 0.497 e. The molecule has 0 amide bonds. The number of nitrogens with two attached hydrogens (primary N) is 2. The highest BCUT2D eigenvalue weighted by Gasteiger charge is 2.23. The number of nitrogens with zero attached hydrogens (tertiary/aromatic N) is 3. The Hall–Kier alpha value is -3.84. The van der Waals surface area contributed by atoms with Gasteiger partial charge in [-0.05, 0) is 85.9 Å². The van der Waals surface area contributed by atoms with Gasteiger partial charge in [0.1, 0.15) is 11.6 Å². The Morgan fingerprint density at radius 1 is 1.08 bits per heavy atom. The molecule has 5 rings (SSSR count). The quantitative estimate of drug-likeness (QED) is 0.189. The molecule has 0 atom stereocenters. The topological polar surface area (TPSA) is 103 Å². The van der Waals surface area contributed by atoms with Crippen LogP contribution in [0.25, 0.3) is 16.6 Å². The van der Waals surface area contributed by atoms with E-state index < -0.39 is 0 Å². The van der Waals surface area contributed by atoms with Gasteiger partial charge in [0, 0.05) is 23.8 Å². The van der Waals surface area contributed by atoms with E-state index >= 15 is 0 Å². The van der Waals surface area contributed by atoms with Crippen molar-refractivity contribution in [2.75, 3.05) is 12.4 Å². The number of methoxy groups -OCH3 is 1. The number of ether oxygens (including phenoxy) is 1. The first kappa shape index (κ1) is 26.8. The number of hydrogen-bond acceptors (Lipinski definition) is 5. The molecule has 1 saturated carbocycles. The lowest BCUT2D eigenvalue weighted by atomic mass is 9.91. The molecule has 0 radical (unpaired) electrons. The summed E-state index contributed by atoms with van der Waals surface area (Å²) < 4.78 is 7.35. The molecule has 0 saturated heterocycles. The highest BCUT2D eigenvalue weighted by Crippen LogP contribution is 2.34. The summed E-state index contributed by atoms with van der Waals surface area (Å²) >= 11 is 0. The Balaban J connectivity index is 1.63. The Kier molecular flexibility index (Phi) is 7.89.